The monoisotopic (exact) mass is 587 g/mol. The van der Waals surface area contributed by atoms with Gasteiger partial charge >= 0.3 is 0 Å². The SMILES string of the molecule is c1ccc(-c2cccc(N(c3ccc(-c4cccc5ccccc45)cc3)c3c4ccccc4cc4c3oc3ccccc34)c2)cc1. The second kappa shape index (κ2) is 10.8. The summed E-state index contributed by atoms with van der Waals surface area (Å²) in [6.45, 7) is 0. The van der Waals surface area contributed by atoms with Crippen LogP contribution >= 0.6 is 0 Å². The summed E-state index contributed by atoms with van der Waals surface area (Å²) >= 11 is 0. The van der Waals surface area contributed by atoms with E-state index >= 15 is 0 Å². The van der Waals surface area contributed by atoms with E-state index in [9.17, 15) is 0 Å². The van der Waals surface area contributed by atoms with Crippen LogP contribution in [-0.4, -0.2) is 0 Å². The van der Waals surface area contributed by atoms with Crippen molar-refractivity contribution < 1.29 is 4.42 Å². The van der Waals surface area contributed by atoms with E-state index < -0.39 is 0 Å². The van der Waals surface area contributed by atoms with Crippen LogP contribution in [0.3, 0.4) is 0 Å². The van der Waals surface area contributed by atoms with Crippen molar-refractivity contribution in [1.29, 1.82) is 0 Å². The average Bonchev–Trinajstić information content (AvgIpc) is 3.50. The minimum absolute atomic E-state index is 0.878. The number of benzene rings is 8. The van der Waals surface area contributed by atoms with Crippen molar-refractivity contribution in [2.45, 2.75) is 0 Å². The van der Waals surface area contributed by atoms with Gasteiger partial charge in [-0.25, -0.2) is 0 Å². The lowest BCUT2D eigenvalue weighted by molar-refractivity contribution is 0.669. The molecule has 0 N–H and O–H groups in total. The Kier molecular flexibility index (Phi) is 6.17. The number of fused-ring (bicyclic) bond motifs is 5. The normalized spacial score (nSPS) is 11.5. The molecular weight excluding hydrogens is 558 g/mol. The third-order valence-corrected chi connectivity index (χ3v) is 9.03. The molecule has 0 saturated carbocycles. The Morgan fingerprint density at radius 2 is 1.02 bits per heavy atom. The fraction of sp³-hybridized carbons (Fsp3) is 0. The molecular formula is C44H29NO. The highest BCUT2D eigenvalue weighted by atomic mass is 16.3. The third kappa shape index (κ3) is 4.35. The predicted molar refractivity (Wildman–Crippen MR) is 194 cm³/mol. The standard InChI is InChI=1S/C44H29NO/c1-2-12-30(13-3-1)33-17-10-18-36(28-33)45(35-26-24-32(25-27-35)38-22-11-16-31-14-4-6-19-37(31)38)43-39-20-7-5-15-34(39)29-41-40-21-8-9-23-42(40)46-44(41)43/h1-29H. The molecule has 0 saturated heterocycles. The molecule has 0 bridgehead atoms. The largest absolute Gasteiger partial charge is 0.454 e. The van der Waals surface area contributed by atoms with Crippen molar-refractivity contribution >= 4 is 60.5 Å². The number of anilines is 3. The maximum Gasteiger partial charge on any atom is 0.160 e. The van der Waals surface area contributed by atoms with Crippen molar-refractivity contribution in [3.05, 3.63) is 176 Å². The molecule has 2 heteroatoms. The first-order valence-corrected chi connectivity index (χ1v) is 15.7. The molecule has 0 fully saturated rings. The molecule has 0 atom stereocenters. The Morgan fingerprint density at radius 1 is 0.370 bits per heavy atom. The summed E-state index contributed by atoms with van der Waals surface area (Å²) in [5, 5.41) is 7.04. The number of hydrogen-bond donors (Lipinski definition) is 0. The van der Waals surface area contributed by atoms with Crippen molar-refractivity contribution in [1.82, 2.24) is 0 Å². The number of rotatable bonds is 5. The first kappa shape index (κ1) is 26.3. The molecule has 0 spiro atoms. The smallest absolute Gasteiger partial charge is 0.160 e. The predicted octanol–water partition coefficient (Wildman–Crippen LogP) is 12.7. The number of para-hydroxylation sites is 1. The summed E-state index contributed by atoms with van der Waals surface area (Å²) < 4.78 is 6.73. The zero-order valence-corrected chi connectivity index (χ0v) is 25.1. The highest BCUT2D eigenvalue weighted by Gasteiger charge is 2.23. The van der Waals surface area contributed by atoms with Crippen LogP contribution in [0, 0.1) is 0 Å². The van der Waals surface area contributed by atoms with Crippen LogP contribution in [0.4, 0.5) is 17.1 Å². The minimum atomic E-state index is 0.878. The zero-order chi connectivity index (χ0) is 30.5. The minimum Gasteiger partial charge on any atom is -0.454 e. The molecule has 8 aromatic carbocycles. The van der Waals surface area contributed by atoms with E-state index in [1.807, 2.05) is 6.07 Å². The molecule has 0 radical (unpaired) electrons. The van der Waals surface area contributed by atoms with Gasteiger partial charge in [0, 0.05) is 27.5 Å². The van der Waals surface area contributed by atoms with Gasteiger partial charge < -0.3 is 9.32 Å². The van der Waals surface area contributed by atoms with Gasteiger partial charge in [-0.05, 0) is 74.8 Å². The van der Waals surface area contributed by atoms with Gasteiger partial charge in [0.15, 0.2) is 5.58 Å². The van der Waals surface area contributed by atoms with Crippen LogP contribution in [0.25, 0.3) is 65.7 Å². The molecule has 0 aliphatic rings. The van der Waals surface area contributed by atoms with Gasteiger partial charge in [0.1, 0.15) is 5.58 Å². The van der Waals surface area contributed by atoms with Crippen LogP contribution in [0.1, 0.15) is 0 Å². The molecule has 1 aromatic heterocycles. The van der Waals surface area contributed by atoms with Crippen LogP contribution < -0.4 is 4.90 Å². The van der Waals surface area contributed by atoms with E-state index in [2.05, 4.69) is 175 Å². The lowest BCUT2D eigenvalue weighted by Gasteiger charge is -2.27. The van der Waals surface area contributed by atoms with Gasteiger partial charge in [0.05, 0.1) is 5.69 Å². The van der Waals surface area contributed by atoms with Crippen molar-refractivity contribution in [3.8, 4) is 22.3 Å². The van der Waals surface area contributed by atoms with E-state index in [1.54, 1.807) is 0 Å². The van der Waals surface area contributed by atoms with Gasteiger partial charge in [-0.1, -0.05) is 140 Å². The lowest BCUT2D eigenvalue weighted by Crippen LogP contribution is -2.11. The molecule has 9 rings (SSSR count). The molecule has 1 heterocycles. The molecule has 0 aliphatic carbocycles. The number of nitrogens with zero attached hydrogens (tertiary/aromatic N) is 1. The van der Waals surface area contributed by atoms with Gasteiger partial charge in [0.25, 0.3) is 0 Å². The fourth-order valence-electron chi connectivity index (χ4n) is 6.85. The van der Waals surface area contributed by atoms with E-state index in [-0.39, 0.29) is 0 Å². The van der Waals surface area contributed by atoms with Crippen LogP contribution in [0.5, 0.6) is 0 Å². The summed E-state index contributed by atoms with van der Waals surface area (Å²) in [5.41, 5.74) is 9.69. The van der Waals surface area contributed by atoms with Crippen molar-refractivity contribution in [3.63, 3.8) is 0 Å². The Bertz CT molecular complexity index is 2520. The summed E-state index contributed by atoms with van der Waals surface area (Å²) in [6.07, 6.45) is 0. The molecule has 0 aliphatic heterocycles. The molecule has 0 amide bonds. The first-order valence-electron chi connectivity index (χ1n) is 15.7. The Balaban J connectivity index is 1.31. The maximum absolute atomic E-state index is 6.73. The summed E-state index contributed by atoms with van der Waals surface area (Å²) in [4.78, 5) is 2.37. The highest BCUT2D eigenvalue weighted by molar-refractivity contribution is 6.19. The molecule has 2 nitrogen and oxygen atoms in total. The topological polar surface area (TPSA) is 16.4 Å². The van der Waals surface area contributed by atoms with Crippen LogP contribution in [0.15, 0.2) is 180 Å². The molecule has 9 aromatic rings. The second-order valence-electron chi connectivity index (χ2n) is 11.7. The number of furan rings is 1. The van der Waals surface area contributed by atoms with E-state index in [1.165, 1.54) is 32.8 Å². The van der Waals surface area contributed by atoms with Gasteiger partial charge in [0.2, 0.25) is 0 Å². The van der Waals surface area contributed by atoms with Crippen LogP contribution in [-0.2, 0) is 0 Å². The van der Waals surface area contributed by atoms with E-state index in [0.29, 0.717) is 0 Å². The summed E-state index contributed by atoms with van der Waals surface area (Å²) in [7, 11) is 0. The third-order valence-electron chi connectivity index (χ3n) is 9.03. The van der Waals surface area contributed by atoms with Crippen molar-refractivity contribution in [2.75, 3.05) is 4.90 Å². The molecule has 0 unspecified atom stereocenters. The van der Waals surface area contributed by atoms with Gasteiger partial charge in [-0.2, -0.15) is 0 Å². The zero-order valence-electron chi connectivity index (χ0n) is 25.1. The Hall–Kier alpha value is -6.12. The van der Waals surface area contributed by atoms with Crippen LogP contribution in [0.2, 0.25) is 0 Å². The van der Waals surface area contributed by atoms with E-state index in [0.717, 1.165) is 50.0 Å². The maximum atomic E-state index is 6.73. The first-order chi connectivity index (χ1) is 22.8. The fourth-order valence-corrected chi connectivity index (χ4v) is 6.85. The van der Waals surface area contributed by atoms with Crippen molar-refractivity contribution in [2.24, 2.45) is 0 Å². The quantitative estimate of drug-likeness (QED) is 0.199. The summed E-state index contributed by atoms with van der Waals surface area (Å²) in [6, 6.07) is 62.7. The van der Waals surface area contributed by atoms with Gasteiger partial charge in [-0.15, -0.1) is 0 Å². The molecule has 216 valence electrons. The average molecular weight is 588 g/mol. The summed E-state index contributed by atoms with van der Waals surface area (Å²) in [5.74, 6) is 0. The molecule has 46 heavy (non-hydrogen) atoms. The Morgan fingerprint density at radius 3 is 1.87 bits per heavy atom. The Labute approximate surface area is 267 Å². The van der Waals surface area contributed by atoms with E-state index in [4.69, 9.17) is 4.42 Å². The second-order valence-corrected chi connectivity index (χ2v) is 11.7. The lowest BCUT2D eigenvalue weighted by atomic mass is 9.97. The number of hydrogen-bond acceptors (Lipinski definition) is 2. The highest BCUT2D eigenvalue weighted by Crippen LogP contribution is 2.47. The van der Waals surface area contributed by atoms with Gasteiger partial charge in [-0.3, -0.25) is 0 Å².